The van der Waals surface area contributed by atoms with Crippen LogP contribution in [0.15, 0.2) is 53.4 Å². The first-order chi connectivity index (χ1) is 17.1. The highest BCUT2D eigenvalue weighted by Crippen LogP contribution is 2.32. The van der Waals surface area contributed by atoms with Gasteiger partial charge in [-0.1, -0.05) is 13.3 Å². The van der Waals surface area contributed by atoms with Crippen molar-refractivity contribution in [3.63, 3.8) is 0 Å². The number of fused-ring (bicyclic) bond motifs is 1. The monoisotopic (exact) mass is 477 g/mol. The van der Waals surface area contributed by atoms with Crippen LogP contribution in [0.2, 0.25) is 0 Å². The zero-order chi connectivity index (χ0) is 24.2. The second-order valence-corrected chi connectivity index (χ2v) is 8.63. The molecule has 5 rings (SSSR count). The summed E-state index contributed by atoms with van der Waals surface area (Å²) in [5.41, 5.74) is 2.82. The third kappa shape index (κ3) is 4.96. The minimum absolute atomic E-state index is 0.00771. The molecule has 0 radical (unpaired) electrons. The summed E-state index contributed by atoms with van der Waals surface area (Å²) in [6, 6.07) is 8.18. The maximum Gasteiger partial charge on any atom is 0.317 e. The lowest BCUT2D eigenvalue weighted by molar-refractivity contribution is 0.183. The lowest BCUT2D eigenvalue weighted by Gasteiger charge is -2.32. The number of halogens is 1. The van der Waals surface area contributed by atoms with Crippen molar-refractivity contribution < 1.29 is 13.6 Å². The number of urea groups is 1. The number of unbranched alkanes of at least 4 members (excludes halogenated alkanes) is 1. The van der Waals surface area contributed by atoms with Gasteiger partial charge in [0.05, 0.1) is 5.69 Å². The van der Waals surface area contributed by atoms with Crippen molar-refractivity contribution in [3.8, 4) is 22.6 Å². The number of carbonyl (C=O) groups excluding carboxylic acids is 1. The third-order valence-electron chi connectivity index (χ3n) is 6.20. The van der Waals surface area contributed by atoms with E-state index in [2.05, 4.69) is 27.5 Å². The van der Waals surface area contributed by atoms with Crippen LogP contribution in [0.3, 0.4) is 0 Å². The van der Waals surface area contributed by atoms with Crippen LogP contribution in [-0.2, 0) is 0 Å². The van der Waals surface area contributed by atoms with E-state index in [0.717, 1.165) is 36.9 Å². The van der Waals surface area contributed by atoms with Crippen molar-refractivity contribution in [1.82, 2.24) is 29.6 Å². The smallest absolute Gasteiger partial charge is 0.317 e. The van der Waals surface area contributed by atoms with Gasteiger partial charge < -0.3 is 20.0 Å². The molecule has 3 aromatic heterocycles. The Kier molecular flexibility index (Phi) is 6.60. The van der Waals surface area contributed by atoms with Crippen molar-refractivity contribution in [2.24, 2.45) is 0 Å². The summed E-state index contributed by atoms with van der Waals surface area (Å²) < 4.78 is 20.8. The molecule has 0 saturated carbocycles. The molecule has 182 valence electrons. The van der Waals surface area contributed by atoms with E-state index in [9.17, 15) is 9.18 Å². The van der Waals surface area contributed by atoms with Crippen molar-refractivity contribution in [3.05, 3.63) is 54.8 Å². The number of piperidine rings is 1. The number of nitrogens with one attached hydrogen (secondary N) is 2. The fourth-order valence-electron chi connectivity index (χ4n) is 4.29. The molecule has 1 saturated heterocycles. The van der Waals surface area contributed by atoms with Gasteiger partial charge in [-0.05, 0) is 49.6 Å². The predicted molar refractivity (Wildman–Crippen MR) is 130 cm³/mol. The Labute approximate surface area is 202 Å². The van der Waals surface area contributed by atoms with Gasteiger partial charge in [-0.15, -0.1) is 0 Å². The number of amides is 2. The average molecular weight is 478 g/mol. The highest BCUT2D eigenvalue weighted by atomic mass is 19.1. The predicted octanol–water partition coefficient (Wildman–Crippen LogP) is 4.58. The number of nitrogens with zero attached hydrogens (tertiary/aromatic N) is 5. The van der Waals surface area contributed by atoms with E-state index in [-0.39, 0.29) is 17.9 Å². The van der Waals surface area contributed by atoms with Gasteiger partial charge in [-0.3, -0.25) is 4.40 Å². The summed E-state index contributed by atoms with van der Waals surface area (Å²) in [6.07, 6.45) is 8.72. The lowest BCUT2D eigenvalue weighted by Crippen LogP contribution is -2.47. The molecule has 0 aliphatic carbocycles. The van der Waals surface area contributed by atoms with Crippen LogP contribution in [0.4, 0.5) is 15.1 Å². The first-order valence-electron chi connectivity index (χ1n) is 12.0. The SMILES string of the molecule is CCCCNC(=O)N1CCC(Nc2nccc(-c3c(-c4ccc(F)cc4)nc4occn34)n2)CC1. The molecule has 2 N–H and O–H groups in total. The quantitative estimate of drug-likeness (QED) is 0.378. The second kappa shape index (κ2) is 10.1. The van der Waals surface area contributed by atoms with Crippen LogP contribution >= 0.6 is 0 Å². The highest BCUT2D eigenvalue weighted by molar-refractivity contribution is 5.79. The van der Waals surface area contributed by atoms with Crippen LogP contribution in [0.5, 0.6) is 0 Å². The number of aromatic nitrogens is 4. The Hall–Kier alpha value is -3.95. The van der Waals surface area contributed by atoms with Gasteiger partial charge in [0.25, 0.3) is 0 Å². The van der Waals surface area contributed by atoms with Crippen LogP contribution in [-0.4, -0.2) is 56.0 Å². The molecular formula is C25H28FN7O2. The number of hydrogen-bond acceptors (Lipinski definition) is 6. The maximum absolute atomic E-state index is 13.5. The van der Waals surface area contributed by atoms with E-state index < -0.39 is 0 Å². The second-order valence-electron chi connectivity index (χ2n) is 8.63. The Morgan fingerprint density at radius 1 is 1.17 bits per heavy atom. The van der Waals surface area contributed by atoms with Gasteiger partial charge in [0.15, 0.2) is 0 Å². The summed E-state index contributed by atoms with van der Waals surface area (Å²) in [5.74, 6) is 0.630. The van der Waals surface area contributed by atoms with Crippen molar-refractivity contribution in [2.45, 2.75) is 38.6 Å². The number of carbonyl (C=O) groups is 1. The number of imidazole rings is 1. The van der Waals surface area contributed by atoms with Gasteiger partial charge in [0, 0.05) is 43.6 Å². The standard InChI is InChI=1S/C25H28FN7O2/c1-2-3-11-28-24(34)32-13-9-19(10-14-32)29-23-27-12-8-20(30-23)22-21(17-4-6-18(26)7-5-17)31-25-33(22)15-16-35-25/h4-8,12,15-16,19H,2-3,9-11,13-14H2,1H3,(H,28,34)(H,27,29,30). The largest absolute Gasteiger partial charge is 0.432 e. The van der Waals surface area contributed by atoms with E-state index >= 15 is 0 Å². The molecule has 4 heterocycles. The highest BCUT2D eigenvalue weighted by Gasteiger charge is 2.24. The molecule has 0 atom stereocenters. The molecule has 1 fully saturated rings. The third-order valence-corrected chi connectivity index (χ3v) is 6.20. The average Bonchev–Trinajstić information content (AvgIpc) is 3.47. The fraction of sp³-hybridized carbons (Fsp3) is 0.360. The molecule has 1 aromatic carbocycles. The number of hydrogen-bond donors (Lipinski definition) is 2. The molecular weight excluding hydrogens is 449 g/mol. The molecule has 1 aliphatic rings. The van der Waals surface area contributed by atoms with Gasteiger partial charge in [-0.2, -0.15) is 4.98 Å². The summed E-state index contributed by atoms with van der Waals surface area (Å²) in [6.45, 7) is 4.19. The maximum atomic E-state index is 13.5. The molecule has 35 heavy (non-hydrogen) atoms. The molecule has 0 spiro atoms. The number of oxazole rings is 1. The van der Waals surface area contributed by atoms with E-state index in [0.29, 0.717) is 42.8 Å². The van der Waals surface area contributed by atoms with Gasteiger partial charge in [-0.25, -0.2) is 19.2 Å². The van der Waals surface area contributed by atoms with Crippen molar-refractivity contribution in [2.75, 3.05) is 25.0 Å². The Balaban J connectivity index is 1.32. The van der Waals surface area contributed by atoms with Gasteiger partial charge in [0.1, 0.15) is 23.5 Å². The van der Waals surface area contributed by atoms with Gasteiger partial charge in [0.2, 0.25) is 5.95 Å². The van der Waals surface area contributed by atoms with Crippen molar-refractivity contribution in [1.29, 1.82) is 0 Å². The molecule has 10 heteroatoms. The number of benzene rings is 1. The first-order valence-corrected chi connectivity index (χ1v) is 12.0. The zero-order valence-electron chi connectivity index (χ0n) is 19.6. The van der Waals surface area contributed by atoms with E-state index in [4.69, 9.17) is 9.40 Å². The number of anilines is 1. The fourth-order valence-corrected chi connectivity index (χ4v) is 4.29. The Bertz CT molecular complexity index is 1290. The molecule has 0 bridgehead atoms. The summed E-state index contributed by atoms with van der Waals surface area (Å²) in [5, 5.41) is 6.40. The lowest BCUT2D eigenvalue weighted by atomic mass is 10.1. The molecule has 4 aromatic rings. The van der Waals surface area contributed by atoms with E-state index in [1.54, 1.807) is 30.8 Å². The topological polar surface area (TPSA) is 101 Å². The molecule has 2 amide bonds. The summed E-state index contributed by atoms with van der Waals surface area (Å²) in [4.78, 5) is 27.9. The van der Waals surface area contributed by atoms with Crippen LogP contribution in [0.1, 0.15) is 32.6 Å². The zero-order valence-corrected chi connectivity index (χ0v) is 19.6. The number of rotatable bonds is 7. The normalized spacial score (nSPS) is 14.4. The van der Waals surface area contributed by atoms with Crippen LogP contribution in [0, 0.1) is 5.82 Å². The van der Waals surface area contributed by atoms with Crippen LogP contribution in [0.25, 0.3) is 28.5 Å². The van der Waals surface area contributed by atoms with Crippen LogP contribution < -0.4 is 10.6 Å². The summed E-state index contributed by atoms with van der Waals surface area (Å²) in [7, 11) is 0. The van der Waals surface area contributed by atoms with E-state index in [1.165, 1.54) is 12.1 Å². The van der Waals surface area contributed by atoms with E-state index in [1.807, 2.05) is 15.4 Å². The number of likely N-dealkylation sites (tertiary alicyclic amines) is 1. The first kappa shape index (κ1) is 22.8. The molecule has 9 nitrogen and oxygen atoms in total. The minimum Gasteiger partial charge on any atom is -0.432 e. The molecule has 1 aliphatic heterocycles. The molecule has 0 unspecified atom stereocenters. The minimum atomic E-state index is -0.309. The Morgan fingerprint density at radius 3 is 2.74 bits per heavy atom. The van der Waals surface area contributed by atoms with Crippen molar-refractivity contribution >= 4 is 17.8 Å². The van der Waals surface area contributed by atoms with Gasteiger partial charge >= 0.3 is 11.9 Å². The summed E-state index contributed by atoms with van der Waals surface area (Å²) >= 11 is 0. The Morgan fingerprint density at radius 2 is 1.97 bits per heavy atom.